The molecule has 0 atom stereocenters. The zero-order valence-electron chi connectivity index (χ0n) is 11.3. The van der Waals surface area contributed by atoms with Crippen LogP contribution in [0.4, 0.5) is 21.5 Å². The van der Waals surface area contributed by atoms with Crippen LogP contribution in [-0.2, 0) is 0 Å². The van der Waals surface area contributed by atoms with E-state index in [1.165, 1.54) is 12.1 Å². The summed E-state index contributed by atoms with van der Waals surface area (Å²) in [4.78, 5) is 0. The molecule has 0 amide bonds. The van der Waals surface area contributed by atoms with Crippen molar-refractivity contribution in [2.75, 3.05) is 11.1 Å². The fourth-order valence-corrected chi connectivity index (χ4v) is 1.89. The highest BCUT2D eigenvalue weighted by Crippen LogP contribution is 2.29. The Bertz CT molecular complexity index is 617. The van der Waals surface area contributed by atoms with Crippen molar-refractivity contribution < 1.29 is 9.13 Å². The number of nitrogens with one attached hydrogen (secondary N) is 1. The van der Waals surface area contributed by atoms with Crippen LogP contribution in [0.3, 0.4) is 0 Å². The van der Waals surface area contributed by atoms with Gasteiger partial charge in [0, 0.05) is 17.4 Å². The summed E-state index contributed by atoms with van der Waals surface area (Å²) in [5, 5.41) is 3.20. The number of benzene rings is 2. The van der Waals surface area contributed by atoms with E-state index in [1.807, 2.05) is 19.9 Å². The van der Waals surface area contributed by atoms with Crippen molar-refractivity contribution in [2.45, 2.75) is 20.0 Å². The molecule has 3 N–H and O–H groups in total. The van der Waals surface area contributed by atoms with E-state index in [9.17, 15) is 4.39 Å². The van der Waals surface area contributed by atoms with Crippen molar-refractivity contribution in [1.82, 2.24) is 0 Å². The summed E-state index contributed by atoms with van der Waals surface area (Å²) in [5.74, 6) is 0.163. The third-order valence-electron chi connectivity index (χ3n) is 2.58. The van der Waals surface area contributed by atoms with E-state index in [0.717, 1.165) is 5.69 Å². The SMILES string of the molecule is CC(C)Oc1cc(Nc2ccc(F)c(Cl)c2)ccc1N. The lowest BCUT2D eigenvalue weighted by Gasteiger charge is -2.14. The fourth-order valence-electron chi connectivity index (χ4n) is 1.71. The predicted molar refractivity (Wildman–Crippen MR) is 81.3 cm³/mol. The smallest absolute Gasteiger partial charge is 0.144 e. The second kappa shape index (κ2) is 6.01. The van der Waals surface area contributed by atoms with Crippen LogP contribution in [0.5, 0.6) is 5.75 Å². The summed E-state index contributed by atoms with van der Waals surface area (Å²) in [6, 6.07) is 9.82. The lowest BCUT2D eigenvalue weighted by atomic mass is 10.2. The molecule has 0 fully saturated rings. The van der Waals surface area contributed by atoms with Crippen LogP contribution in [-0.4, -0.2) is 6.10 Å². The summed E-state index contributed by atoms with van der Waals surface area (Å²) in [5.41, 5.74) is 7.90. The van der Waals surface area contributed by atoms with Gasteiger partial charge in [0.05, 0.1) is 16.8 Å². The number of hydrogen-bond acceptors (Lipinski definition) is 3. The van der Waals surface area contributed by atoms with E-state index in [0.29, 0.717) is 17.1 Å². The molecule has 0 unspecified atom stereocenters. The van der Waals surface area contributed by atoms with Crippen molar-refractivity contribution in [3.63, 3.8) is 0 Å². The van der Waals surface area contributed by atoms with Gasteiger partial charge in [-0.05, 0) is 44.2 Å². The van der Waals surface area contributed by atoms with Gasteiger partial charge in [0.25, 0.3) is 0 Å². The Labute approximate surface area is 122 Å². The number of nitrogens with two attached hydrogens (primary N) is 1. The molecule has 0 radical (unpaired) electrons. The number of nitrogen functional groups attached to an aromatic ring is 1. The maximum Gasteiger partial charge on any atom is 0.144 e. The van der Waals surface area contributed by atoms with Gasteiger partial charge in [0.2, 0.25) is 0 Å². The minimum absolute atomic E-state index is 0.0350. The predicted octanol–water partition coefficient (Wildman–Crippen LogP) is 4.59. The normalized spacial score (nSPS) is 10.7. The van der Waals surface area contributed by atoms with Crippen LogP contribution >= 0.6 is 11.6 Å². The number of rotatable bonds is 4. The van der Waals surface area contributed by atoms with Crippen LogP contribution in [0.25, 0.3) is 0 Å². The maximum atomic E-state index is 13.1. The monoisotopic (exact) mass is 294 g/mol. The van der Waals surface area contributed by atoms with Gasteiger partial charge in [0.15, 0.2) is 0 Å². The Kier molecular flexibility index (Phi) is 4.35. The quantitative estimate of drug-likeness (QED) is 0.811. The Hall–Kier alpha value is -1.94. The zero-order chi connectivity index (χ0) is 14.7. The van der Waals surface area contributed by atoms with Crippen molar-refractivity contribution in [3.8, 4) is 5.75 Å². The Morgan fingerprint density at radius 1 is 1.15 bits per heavy atom. The molecule has 2 aromatic rings. The van der Waals surface area contributed by atoms with Gasteiger partial charge >= 0.3 is 0 Å². The number of ether oxygens (including phenoxy) is 1. The summed E-state index contributed by atoms with van der Waals surface area (Å²) < 4.78 is 18.7. The Morgan fingerprint density at radius 3 is 2.45 bits per heavy atom. The van der Waals surface area contributed by atoms with Gasteiger partial charge in [-0.1, -0.05) is 11.6 Å². The van der Waals surface area contributed by atoms with Crippen LogP contribution in [0.15, 0.2) is 36.4 Å². The van der Waals surface area contributed by atoms with E-state index < -0.39 is 5.82 Å². The molecule has 0 aliphatic heterocycles. The molecule has 0 saturated heterocycles. The second-order valence-corrected chi connectivity index (χ2v) is 5.08. The molecule has 3 nitrogen and oxygen atoms in total. The average Bonchev–Trinajstić information content (AvgIpc) is 2.37. The second-order valence-electron chi connectivity index (χ2n) is 4.67. The molecule has 106 valence electrons. The van der Waals surface area contributed by atoms with E-state index >= 15 is 0 Å². The highest BCUT2D eigenvalue weighted by Gasteiger charge is 2.06. The van der Waals surface area contributed by atoms with Crippen LogP contribution in [0, 0.1) is 5.82 Å². The van der Waals surface area contributed by atoms with Crippen molar-refractivity contribution in [1.29, 1.82) is 0 Å². The van der Waals surface area contributed by atoms with Crippen LogP contribution in [0.1, 0.15) is 13.8 Å². The van der Waals surface area contributed by atoms with E-state index in [2.05, 4.69) is 5.32 Å². The third kappa shape index (κ3) is 3.54. The minimum Gasteiger partial charge on any atom is -0.489 e. The number of anilines is 3. The van der Waals surface area contributed by atoms with Gasteiger partial charge in [0.1, 0.15) is 11.6 Å². The third-order valence-corrected chi connectivity index (χ3v) is 2.87. The van der Waals surface area contributed by atoms with E-state index in [4.69, 9.17) is 22.1 Å². The zero-order valence-corrected chi connectivity index (χ0v) is 12.0. The standard InChI is InChI=1S/C15H16ClFN2O/c1-9(2)20-15-8-11(4-6-14(15)18)19-10-3-5-13(17)12(16)7-10/h3-9,19H,18H2,1-2H3. The number of halogens is 2. The first-order chi connectivity index (χ1) is 9.45. The molecule has 0 aliphatic rings. The van der Waals surface area contributed by atoms with E-state index in [1.54, 1.807) is 18.2 Å². The summed E-state index contributed by atoms with van der Waals surface area (Å²) in [6.45, 7) is 3.86. The van der Waals surface area contributed by atoms with Crippen molar-refractivity contribution in [2.24, 2.45) is 0 Å². The molecule has 0 bridgehead atoms. The first kappa shape index (κ1) is 14.5. The molecule has 0 spiro atoms. The van der Waals surface area contributed by atoms with Crippen LogP contribution in [0.2, 0.25) is 5.02 Å². The van der Waals surface area contributed by atoms with Gasteiger partial charge in [-0.15, -0.1) is 0 Å². The average molecular weight is 295 g/mol. The molecule has 20 heavy (non-hydrogen) atoms. The van der Waals surface area contributed by atoms with Crippen molar-refractivity contribution >= 4 is 28.7 Å². The highest BCUT2D eigenvalue weighted by atomic mass is 35.5. The molecule has 5 heteroatoms. The Morgan fingerprint density at radius 2 is 1.80 bits per heavy atom. The fraction of sp³-hybridized carbons (Fsp3) is 0.200. The number of hydrogen-bond donors (Lipinski definition) is 2. The topological polar surface area (TPSA) is 47.3 Å². The lowest BCUT2D eigenvalue weighted by Crippen LogP contribution is -2.07. The minimum atomic E-state index is -0.446. The summed E-state index contributed by atoms with van der Waals surface area (Å²) >= 11 is 5.75. The first-order valence-electron chi connectivity index (χ1n) is 6.24. The lowest BCUT2D eigenvalue weighted by molar-refractivity contribution is 0.244. The molecule has 0 saturated carbocycles. The maximum absolute atomic E-state index is 13.1. The molecule has 0 heterocycles. The van der Waals surface area contributed by atoms with Crippen LogP contribution < -0.4 is 15.8 Å². The van der Waals surface area contributed by atoms with Gasteiger partial charge in [-0.3, -0.25) is 0 Å². The highest BCUT2D eigenvalue weighted by molar-refractivity contribution is 6.31. The molecule has 2 rings (SSSR count). The molecule has 0 aliphatic carbocycles. The molecule has 2 aromatic carbocycles. The van der Waals surface area contributed by atoms with Gasteiger partial charge in [-0.2, -0.15) is 0 Å². The largest absolute Gasteiger partial charge is 0.489 e. The van der Waals surface area contributed by atoms with Crippen molar-refractivity contribution in [3.05, 3.63) is 47.2 Å². The van der Waals surface area contributed by atoms with E-state index in [-0.39, 0.29) is 11.1 Å². The Balaban J connectivity index is 2.22. The van der Waals surface area contributed by atoms with Gasteiger partial charge < -0.3 is 15.8 Å². The summed E-state index contributed by atoms with van der Waals surface area (Å²) in [7, 11) is 0. The molecular weight excluding hydrogens is 279 g/mol. The molecule has 0 aromatic heterocycles. The molecular formula is C15H16ClFN2O. The first-order valence-corrected chi connectivity index (χ1v) is 6.62. The summed E-state index contributed by atoms with van der Waals surface area (Å²) in [6.07, 6.45) is 0.0350. The van der Waals surface area contributed by atoms with Gasteiger partial charge in [-0.25, -0.2) is 4.39 Å².